The maximum atomic E-state index is 13.5. The predicted octanol–water partition coefficient (Wildman–Crippen LogP) is 5.41. The quantitative estimate of drug-likeness (QED) is 0.629. The molecule has 0 fully saturated rings. The van der Waals surface area contributed by atoms with Crippen LogP contribution in [0, 0.1) is 11.6 Å². The van der Waals surface area contributed by atoms with Gasteiger partial charge in [0, 0.05) is 14.9 Å². The SMILES string of the molecule is Fc1cccc(F)c1CC(Br)c1cccc(Br)c1. The first kappa shape index (κ1) is 13.7. The number of rotatable bonds is 3. The first-order valence-corrected chi connectivity index (χ1v) is 7.11. The van der Waals surface area contributed by atoms with Crippen molar-refractivity contribution in [2.45, 2.75) is 11.2 Å². The van der Waals surface area contributed by atoms with E-state index >= 15 is 0 Å². The van der Waals surface area contributed by atoms with Gasteiger partial charge in [0.05, 0.1) is 0 Å². The summed E-state index contributed by atoms with van der Waals surface area (Å²) in [4.78, 5) is -0.124. The zero-order chi connectivity index (χ0) is 13.1. The number of hydrogen-bond donors (Lipinski definition) is 0. The molecule has 0 aliphatic carbocycles. The molecule has 18 heavy (non-hydrogen) atoms. The Morgan fingerprint density at radius 2 is 1.61 bits per heavy atom. The van der Waals surface area contributed by atoms with E-state index in [4.69, 9.17) is 0 Å². The third-order valence-corrected chi connectivity index (χ3v) is 4.00. The van der Waals surface area contributed by atoms with E-state index < -0.39 is 11.6 Å². The topological polar surface area (TPSA) is 0 Å². The van der Waals surface area contributed by atoms with E-state index in [9.17, 15) is 8.78 Å². The molecule has 0 nitrogen and oxygen atoms in total. The summed E-state index contributed by atoms with van der Waals surface area (Å²) in [6, 6.07) is 11.6. The van der Waals surface area contributed by atoms with Gasteiger partial charge in [-0.05, 0) is 36.2 Å². The van der Waals surface area contributed by atoms with Gasteiger partial charge in [0.15, 0.2) is 0 Å². The zero-order valence-electron chi connectivity index (χ0n) is 9.34. The molecule has 0 aliphatic heterocycles. The van der Waals surface area contributed by atoms with Crippen molar-refractivity contribution in [3.8, 4) is 0 Å². The van der Waals surface area contributed by atoms with Gasteiger partial charge in [-0.3, -0.25) is 0 Å². The van der Waals surface area contributed by atoms with Crippen LogP contribution in [0.3, 0.4) is 0 Å². The van der Waals surface area contributed by atoms with E-state index in [0.29, 0.717) is 0 Å². The Morgan fingerprint density at radius 3 is 2.22 bits per heavy atom. The van der Waals surface area contributed by atoms with Crippen LogP contribution in [0.2, 0.25) is 0 Å². The number of halogens is 4. The summed E-state index contributed by atoms with van der Waals surface area (Å²) in [5.74, 6) is -1.01. The van der Waals surface area contributed by atoms with Crippen molar-refractivity contribution >= 4 is 31.9 Å². The zero-order valence-corrected chi connectivity index (χ0v) is 12.5. The van der Waals surface area contributed by atoms with Crippen molar-refractivity contribution in [2.75, 3.05) is 0 Å². The summed E-state index contributed by atoms with van der Waals surface area (Å²) >= 11 is 6.85. The minimum Gasteiger partial charge on any atom is -0.207 e. The van der Waals surface area contributed by atoms with Crippen molar-refractivity contribution in [3.63, 3.8) is 0 Å². The number of benzene rings is 2. The lowest BCUT2D eigenvalue weighted by Crippen LogP contribution is -2.01. The molecule has 1 unspecified atom stereocenters. The highest BCUT2D eigenvalue weighted by molar-refractivity contribution is 9.10. The third-order valence-electron chi connectivity index (χ3n) is 2.66. The minimum atomic E-state index is -0.505. The Balaban J connectivity index is 2.24. The van der Waals surface area contributed by atoms with Crippen LogP contribution in [0.4, 0.5) is 8.78 Å². The molecule has 0 aromatic heterocycles. The molecule has 0 heterocycles. The summed E-state index contributed by atoms with van der Waals surface area (Å²) in [6.07, 6.45) is 0.273. The summed E-state index contributed by atoms with van der Waals surface area (Å²) in [5, 5.41) is 0. The average Bonchev–Trinajstić information content (AvgIpc) is 2.34. The van der Waals surface area contributed by atoms with E-state index in [1.165, 1.54) is 18.2 Å². The lowest BCUT2D eigenvalue weighted by Gasteiger charge is -2.12. The first-order chi connectivity index (χ1) is 8.58. The second-order valence-electron chi connectivity index (χ2n) is 3.93. The molecule has 94 valence electrons. The van der Waals surface area contributed by atoms with Gasteiger partial charge >= 0.3 is 0 Å². The van der Waals surface area contributed by atoms with Gasteiger partial charge in [0.1, 0.15) is 11.6 Å². The van der Waals surface area contributed by atoms with Crippen molar-refractivity contribution in [2.24, 2.45) is 0 Å². The Kier molecular flexibility index (Phi) is 4.51. The highest BCUT2D eigenvalue weighted by Crippen LogP contribution is 2.30. The first-order valence-electron chi connectivity index (χ1n) is 5.40. The van der Waals surface area contributed by atoms with E-state index in [-0.39, 0.29) is 16.8 Å². The van der Waals surface area contributed by atoms with Crippen LogP contribution in [0.5, 0.6) is 0 Å². The maximum Gasteiger partial charge on any atom is 0.129 e. The Morgan fingerprint density at radius 1 is 1.00 bits per heavy atom. The molecule has 0 saturated carbocycles. The van der Waals surface area contributed by atoms with Crippen LogP contribution in [0.15, 0.2) is 46.9 Å². The fraction of sp³-hybridized carbons (Fsp3) is 0.143. The molecule has 0 radical (unpaired) electrons. The Hall–Kier alpha value is -0.740. The molecule has 0 amide bonds. The summed E-state index contributed by atoms with van der Waals surface area (Å²) in [7, 11) is 0. The van der Waals surface area contributed by atoms with Crippen LogP contribution in [-0.4, -0.2) is 0 Å². The smallest absolute Gasteiger partial charge is 0.129 e. The van der Waals surface area contributed by atoms with Crippen LogP contribution in [0.1, 0.15) is 16.0 Å². The molecule has 0 saturated heterocycles. The van der Waals surface area contributed by atoms with Crippen molar-refractivity contribution in [3.05, 3.63) is 69.7 Å². The molecule has 2 aromatic carbocycles. The summed E-state index contributed by atoms with van der Waals surface area (Å²) < 4.78 is 28.0. The fourth-order valence-electron chi connectivity index (χ4n) is 1.73. The average molecular weight is 376 g/mol. The van der Waals surface area contributed by atoms with E-state index in [1.807, 2.05) is 24.3 Å². The van der Waals surface area contributed by atoms with Gasteiger partial charge < -0.3 is 0 Å². The second kappa shape index (κ2) is 5.93. The largest absolute Gasteiger partial charge is 0.207 e. The molecular weight excluding hydrogens is 366 g/mol. The summed E-state index contributed by atoms with van der Waals surface area (Å²) in [6.45, 7) is 0. The maximum absolute atomic E-state index is 13.5. The molecule has 4 heteroatoms. The molecule has 2 rings (SSSR count). The highest BCUT2D eigenvalue weighted by atomic mass is 79.9. The Labute approximate surface area is 121 Å². The molecular formula is C14H10Br2F2. The Bertz CT molecular complexity index is 535. The lowest BCUT2D eigenvalue weighted by atomic mass is 10.0. The van der Waals surface area contributed by atoms with Crippen LogP contribution in [-0.2, 0) is 6.42 Å². The van der Waals surface area contributed by atoms with Gasteiger partial charge in [-0.1, -0.05) is 50.1 Å². The monoisotopic (exact) mass is 374 g/mol. The molecule has 1 atom stereocenters. The highest BCUT2D eigenvalue weighted by Gasteiger charge is 2.15. The van der Waals surface area contributed by atoms with E-state index in [1.54, 1.807) is 0 Å². The van der Waals surface area contributed by atoms with Gasteiger partial charge in [-0.25, -0.2) is 8.78 Å². The standard InChI is InChI=1S/C14H10Br2F2/c15-10-4-1-3-9(7-10)12(16)8-11-13(17)5-2-6-14(11)18/h1-7,12H,8H2. The third kappa shape index (κ3) is 3.18. The summed E-state index contributed by atoms with van der Waals surface area (Å²) in [5.41, 5.74) is 1.09. The van der Waals surface area contributed by atoms with Crippen LogP contribution >= 0.6 is 31.9 Å². The normalized spacial score (nSPS) is 12.4. The molecule has 0 N–H and O–H groups in total. The molecule has 2 aromatic rings. The van der Waals surface area contributed by atoms with Gasteiger partial charge in [-0.15, -0.1) is 0 Å². The second-order valence-corrected chi connectivity index (χ2v) is 5.95. The molecule has 0 aliphatic rings. The van der Waals surface area contributed by atoms with Gasteiger partial charge in [0.25, 0.3) is 0 Å². The van der Waals surface area contributed by atoms with E-state index in [2.05, 4.69) is 31.9 Å². The van der Waals surface area contributed by atoms with Gasteiger partial charge in [-0.2, -0.15) is 0 Å². The van der Waals surface area contributed by atoms with Crippen molar-refractivity contribution in [1.82, 2.24) is 0 Å². The molecule has 0 spiro atoms. The van der Waals surface area contributed by atoms with Crippen molar-refractivity contribution < 1.29 is 8.78 Å². The van der Waals surface area contributed by atoms with Crippen molar-refractivity contribution in [1.29, 1.82) is 0 Å². The number of alkyl halides is 1. The minimum absolute atomic E-state index is 0.111. The fourth-order valence-corrected chi connectivity index (χ4v) is 2.75. The number of hydrogen-bond acceptors (Lipinski definition) is 0. The molecule has 0 bridgehead atoms. The predicted molar refractivity (Wildman–Crippen MR) is 75.9 cm³/mol. The van der Waals surface area contributed by atoms with Crippen LogP contribution in [0.25, 0.3) is 0 Å². The van der Waals surface area contributed by atoms with Gasteiger partial charge in [0.2, 0.25) is 0 Å². The van der Waals surface area contributed by atoms with E-state index in [0.717, 1.165) is 10.0 Å². The lowest BCUT2D eigenvalue weighted by molar-refractivity contribution is 0.554. The van der Waals surface area contributed by atoms with Crippen LogP contribution < -0.4 is 0 Å².